The van der Waals surface area contributed by atoms with Crippen LogP contribution in [0.2, 0.25) is 0 Å². The van der Waals surface area contributed by atoms with Crippen molar-refractivity contribution >= 4 is 33.3 Å². The molecule has 3 aromatic rings. The summed E-state index contributed by atoms with van der Waals surface area (Å²) in [6, 6.07) is 10.3. The first-order valence-electron chi connectivity index (χ1n) is 7.81. The molecule has 0 bridgehead atoms. The third-order valence-electron chi connectivity index (χ3n) is 3.80. The lowest BCUT2D eigenvalue weighted by atomic mass is 10.1. The fourth-order valence-electron chi connectivity index (χ4n) is 2.52. The summed E-state index contributed by atoms with van der Waals surface area (Å²) in [7, 11) is 0. The molecule has 0 saturated carbocycles. The van der Waals surface area contributed by atoms with E-state index in [1.54, 1.807) is 17.6 Å². The minimum absolute atomic E-state index is 0.0886. The number of benzene rings is 1. The summed E-state index contributed by atoms with van der Waals surface area (Å²) < 4.78 is 1.60. The molecule has 0 saturated heterocycles. The predicted octanol–water partition coefficient (Wildman–Crippen LogP) is 4.62. The van der Waals surface area contributed by atoms with Crippen LogP contribution < -0.4 is 5.56 Å². The number of hydrogen-bond donors (Lipinski definition) is 0. The molecule has 0 spiro atoms. The number of thiophene rings is 1. The molecule has 2 aromatic heterocycles. The summed E-state index contributed by atoms with van der Waals surface area (Å²) in [5.74, 6) is 0. The topological polar surface area (TPSA) is 58.7 Å². The van der Waals surface area contributed by atoms with Crippen LogP contribution in [0.15, 0.2) is 52.3 Å². The Kier molecular flexibility index (Phi) is 5.07. The molecule has 0 amide bonds. The van der Waals surface area contributed by atoms with Gasteiger partial charge in [0, 0.05) is 17.5 Å². The third-order valence-corrected chi connectivity index (χ3v) is 5.65. The Labute approximate surface area is 154 Å². The lowest BCUT2D eigenvalue weighted by Crippen LogP contribution is -2.23. The van der Waals surface area contributed by atoms with E-state index >= 15 is 0 Å². The second kappa shape index (κ2) is 7.26. The molecular formula is C19H17N3OS2. The van der Waals surface area contributed by atoms with Crippen molar-refractivity contribution in [2.75, 3.05) is 0 Å². The molecule has 0 aliphatic heterocycles. The minimum atomic E-state index is -0.281. The quantitative estimate of drug-likeness (QED) is 0.375. The van der Waals surface area contributed by atoms with Crippen LogP contribution in [-0.4, -0.2) is 14.8 Å². The second-order valence-electron chi connectivity index (χ2n) is 5.68. The van der Waals surface area contributed by atoms with Gasteiger partial charge in [0.25, 0.3) is 5.56 Å². The van der Waals surface area contributed by atoms with Gasteiger partial charge in [-0.15, -0.1) is 17.9 Å². The van der Waals surface area contributed by atoms with Gasteiger partial charge < -0.3 is 0 Å². The molecule has 0 aliphatic rings. The molecule has 1 atom stereocenters. The molecular weight excluding hydrogens is 350 g/mol. The second-order valence-corrected chi connectivity index (χ2v) is 7.85. The van der Waals surface area contributed by atoms with Crippen LogP contribution >= 0.6 is 23.1 Å². The third kappa shape index (κ3) is 3.39. The fraction of sp³-hybridized carbons (Fsp3) is 0.211. The summed E-state index contributed by atoms with van der Waals surface area (Å²) in [5, 5.41) is 12.0. The van der Waals surface area contributed by atoms with Gasteiger partial charge >= 0.3 is 0 Å². The Hall–Kier alpha value is -2.36. The van der Waals surface area contributed by atoms with Crippen molar-refractivity contribution in [3.8, 4) is 17.2 Å². The normalized spacial score (nSPS) is 12.0. The smallest absolute Gasteiger partial charge is 0.263 e. The van der Waals surface area contributed by atoms with Crippen LogP contribution in [-0.2, 0) is 6.54 Å². The van der Waals surface area contributed by atoms with Crippen molar-refractivity contribution < 1.29 is 0 Å². The summed E-state index contributed by atoms with van der Waals surface area (Å²) in [5.41, 5.74) is 3.00. The van der Waals surface area contributed by atoms with Crippen molar-refractivity contribution in [2.45, 2.75) is 30.8 Å². The zero-order chi connectivity index (χ0) is 18.0. The Morgan fingerprint density at radius 2 is 2.16 bits per heavy atom. The average Bonchev–Trinajstić information content (AvgIpc) is 3.03. The first-order valence-corrected chi connectivity index (χ1v) is 9.57. The van der Waals surface area contributed by atoms with Gasteiger partial charge in [-0.3, -0.25) is 9.36 Å². The van der Waals surface area contributed by atoms with Gasteiger partial charge in [-0.05, 0) is 19.4 Å². The van der Waals surface area contributed by atoms with E-state index in [0.29, 0.717) is 21.9 Å². The highest BCUT2D eigenvalue weighted by Crippen LogP contribution is 2.32. The van der Waals surface area contributed by atoms with Crippen molar-refractivity contribution in [1.82, 2.24) is 9.55 Å². The number of nitrogens with zero attached hydrogens (tertiary/aromatic N) is 3. The van der Waals surface area contributed by atoms with Crippen LogP contribution in [0.1, 0.15) is 12.5 Å². The molecule has 0 radical (unpaired) electrons. The number of allylic oxidation sites excluding steroid dienone is 1. The lowest BCUT2D eigenvalue weighted by molar-refractivity contribution is 0.672. The summed E-state index contributed by atoms with van der Waals surface area (Å²) in [6.45, 7) is 7.94. The standard InChI is InChI=1S/C19H17N3OS2/c1-4-9-22-18(23)16-15(14-7-5-12(2)6-8-14)11-24-17(16)21-19(22)25-13(3)10-20/h4-8,11,13H,1,9H2,2-3H3/t13-/m1/s1. The predicted molar refractivity (Wildman–Crippen MR) is 105 cm³/mol. The Morgan fingerprint density at radius 1 is 1.44 bits per heavy atom. The maximum absolute atomic E-state index is 13.1. The number of aromatic nitrogens is 2. The van der Waals surface area contributed by atoms with Crippen LogP contribution in [0, 0.1) is 18.3 Å². The number of aryl methyl sites for hydroxylation is 1. The van der Waals surface area contributed by atoms with Gasteiger partial charge in [0.05, 0.1) is 16.7 Å². The van der Waals surface area contributed by atoms with Crippen LogP contribution in [0.5, 0.6) is 0 Å². The van der Waals surface area contributed by atoms with E-state index in [9.17, 15) is 4.79 Å². The molecule has 0 N–H and O–H groups in total. The number of hydrogen-bond acceptors (Lipinski definition) is 5. The first kappa shape index (κ1) is 17.5. The van der Waals surface area contributed by atoms with Gasteiger partial charge in [0.1, 0.15) is 4.83 Å². The number of nitriles is 1. The van der Waals surface area contributed by atoms with E-state index in [1.807, 2.05) is 36.6 Å². The summed E-state index contributed by atoms with van der Waals surface area (Å²) in [4.78, 5) is 18.5. The van der Waals surface area contributed by atoms with Gasteiger partial charge in [-0.2, -0.15) is 5.26 Å². The highest BCUT2D eigenvalue weighted by Gasteiger charge is 2.18. The van der Waals surface area contributed by atoms with E-state index in [-0.39, 0.29) is 10.8 Å². The molecule has 4 nitrogen and oxygen atoms in total. The molecule has 0 fully saturated rings. The zero-order valence-corrected chi connectivity index (χ0v) is 15.7. The minimum Gasteiger partial charge on any atom is -0.283 e. The molecule has 126 valence electrons. The monoisotopic (exact) mass is 367 g/mol. The number of thioether (sulfide) groups is 1. The molecule has 0 aliphatic carbocycles. The summed E-state index contributed by atoms with van der Waals surface area (Å²) in [6.07, 6.45) is 1.67. The van der Waals surface area contributed by atoms with E-state index in [1.165, 1.54) is 28.7 Å². The summed E-state index contributed by atoms with van der Waals surface area (Å²) >= 11 is 2.75. The lowest BCUT2D eigenvalue weighted by Gasteiger charge is -2.11. The Balaban J connectivity index is 2.23. The number of rotatable bonds is 5. The van der Waals surface area contributed by atoms with E-state index in [0.717, 1.165) is 11.1 Å². The Bertz CT molecular complexity index is 1030. The Morgan fingerprint density at radius 3 is 2.80 bits per heavy atom. The van der Waals surface area contributed by atoms with Crippen LogP contribution in [0.4, 0.5) is 0 Å². The van der Waals surface area contributed by atoms with Crippen LogP contribution in [0.3, 0.4) is 0 Å². The van der Waals surface area contributed by atoms with E-state index in [2.05, 4.69) is 17.6 Å². The molecule has 2 heterocycles. The van der Waals surface area contributed by atoms with Crippen molar-refractivity contribution in [2.24, 2.45) is 0 Å². The van der Waals surface area contributed by atoms with E-state index in [4.69, 9.17) is 5.26 Å². The first-order chi connectivity index (χ1) is 12.0. The van der Waals surface area contributed by atoms with Crippen LogP contribution in [0.25, 0.3) is 21.3 Å². The van der Waals surface area contributed by atoms with Gasteiger partial charge in [-0.25, -0.2) is 4.98 Å². The average molecular weight is 367 g/mol. The van der Waals surface area contributed by atoms with Gasteiger partial charge in [-0.1, -0.05) is 47.7 Å². The zero-order valence-electron chi connectivity index (χ0n) is 14.0. The highest BCUT2D eigenvalue weighted by molar-refractivity contribution is 8.00. The SMILES string of the molecule is C=CCn1c(S[C@H](C)C#N)nc2scc(-c3ccc(C)cc3)c2c1=O. The molecule has 3 rings (SSSR count). The molecule has 0 unspecified atom stereocenters. The molecule has 25 heavy (non-hydrogen) atoms. The van der Waals surface area contributed by atoms with Gasteiger partial charge in [0.2, 0.25) is 0 Å². The van der Waals surface area contributed by atoms with Crippen molar-refractivity contribution in [3.05, 3.63) is 58.2 Å². The fourth-order valence-corrected chi connectivity index (χ4v) is 4.31. The van der Waals surface area contributed by atoms with Crippen molar-refractivity contribution in [1.29, 1.82) is 5.26 Å². The van der Waals surface area contributed by atoms with E-state index < -0.39 is 0 Å². The maximum atomic E-state index is 13.1. The van der Waals surface area contributed by atoms with Crippen molar-refractivity contribution in [3.63, 3.8) is 0 Å². The number of fused-ring (bicyclic) bond motifs is 1. The molecule has 1 aromatic carbocycles. The highest BCUT2D eigenvalue weighted by atomic mass is 32.2. The molecule has 6 heteroatoms. The largest absolute Gasteiger partial charge is 0.283 e. The van der Waals surface area contributed by atoms with Gasteiger partial charge in [0.15, 0.2) is 5.16 Å². The maximum Gasteiger partial charge on any atom is 0.263 e.